The molecule has 4 heteroatoms. The van der Waals surface area contributed by atoms with Gasteiger partial charge in [0.1, 0.15) is 0 Å². The normalized spacial score (nSPS) is 23.6. The summed E-state index contributed by atoms with van der Waals surface area (Å²) in [4.78, 5) is 14.6. The zero-order valence-corrected chi connectivity index (χ0v) is 12.7. The highest BCUT2D eigenvalue weighted by molar-refractivity contribution is 5.79. The van der Waals surface area contributed by atoms with Crippen LogP contribution in [0.25, 0.3) is 0 Å². The van der Waals surface area contributed by atoms with Crippen molar-refractivity contribution in [3.63, 3.8) is 0 Å². The van der Waals surface area contributed by atoms with Gasteiger partial charge in [-0.25, -0.2) is 0 Å². The van der Waals surface area contributed by atoms with Gasteiger partial charge < -0.3 is 16.0 Å². The minimum atomic E-state index is 0.159. The lowest BCUT2D eigenvalue weighted by Gasteiger charge is -2.29. The number of carbonyl (C=O) groups is 1. The minimum Gasteiger partial charge on any atom is -0.356 e. The van der Waals surface area contributed by atoms with Gasteiger partial charge in [0.25, 0.3) is 0 Å². The summed E-state index contributed by atoms with van der Waals surface area (Å²) in [6.45, 7) is 9.04. The summed E-state index contributed by atoms with van der Waals surface area (Å²) in [5, 5.41) is 3.10. The van der Waals surface area contributed by atoms with E-state index in [1.807, 2.05) is 0 Å². The smallest absolute Gasteiger partial charge is 0.223 e. The number of hydrogen-bond donors (Lipinski definition) is 2. The molecule has 1 aliphatic rings. The molecule has 1 saturated carbocycles. The number of hydrogen-bond acceptors (Lipinski definition) is 3. The predicted molar refractivity (Wildman–Crippen MR) is 79.9 cm³/mol. The topological polar surface area (TPSA) is 58.4 Å². The van der Waals surface area contributed by atoms with Crippen molar-refractivity contribution in [3.8, 4) is 0 Å². The molecule has 0 aromatic carbocycles. The molecule has 0 heterocycles. The minimum absolute atomic E-state index is 0.159. The van der Waals surface area contributed by atoms with E-state index < -0.39 is 0 Å². The van der Waals surface area contributed by atoms with E-state index in [9.17, 15) is 4.79 Å². The first-order valence-electron chi connectivity index (χ1n) is 7.93. The van der Waals surface area contributed by atoms with Crippen LogP contribution in [0.15, 0.2) is 0 Å². The average molecular weight is 269 g/mol. The van der Waals surface area contributed by atoms with E-state index in [4.69, 9.17) is 5.73 Å². The van der Waals surface area contributed by atoms with Crippen molar-refractivity contribution in [2.75, 3.05) is 32.7 Å². The lowest BCUT2D eigenvalue weighted by Crippen LogP contribution is -2.40. The van der Waals surface area contributed by atoms with Crippen molar-refractivity contribution >= 4 is 5.91 Å². The molecule has 2 unspecified atom stereocenters. The van der Waals surface area contributed by atoms with Gasteiger partial charge in [0.2, 0.25) is 5.91 Å². The molecule has 1 aliphatic carbocycles. The van der Waals surface area contributed by atoms with Crippen LogP contribution in [-0.4, -0.2) is 43.5 Å². The number of carbonyl (C=O) groups excluding carboxylic acids is 1. The summed E-state index contributed by atoms with van der Waals surface area (Å²) in [5.41, 5.74) is 5.78. The summed E-state index contributed by atoms with van der Waals surface area (Å²) in [7, 11) is 0. The third kappa shape index (κ3) is 5.49. The maximum atomic E-state index is 12.2. The van der Waals surface area contributed by atoms with Crippen molar-refractivity contribution in [2.24, 2.45) is 17.6 Å². The van der Waals surface area contributed by atoms with E-state index in [0.717, 1.165) is 45.4 Å². The molecule has 0 aliphatic heterocycles. The second kappa shape index (κ2) is 9.32. The third-order valence-corrected chi connectivity index (χ3v) is 4.39. The van der Waals surface area contributed by atoms with Crippen LogP contribution in [-0.2, 0) is 4.79 Å². The molecule has 0 aromatic heterocycles. The quantitative estimate of drug-likeness (QED) is 0.658. The van der Waals surface area contributed by atoms with Crippen LogP contribution in [0.4, 0.5) is 0 Å². The molecule has 0 saturated heterocycles. The first-order valence-corrected chi connectivity index (χ1v) is 7.93. The maximum absolute atomic E-state index is 12.2. The van der Waals surface area contributed by atoms with Gasteiger partial charge in [-0.2, -0.15) is 0 Å². The highest BCUT2D eigenvalue weighted by Crippen LogP contribution is 2.29. The molecular formula is C15H31N3O. The van der Waals surface area contributed by atoms with E-state index in [1.54, 1.807) is 0 Å². The Kier molecular flexibility index (Phi) is 8.07. The average Bonchev–Trinajstić information content (AvgIpc) is 2.47. The molecule has 0 aromatic rings. The van der Waals surface area contributed by atoms with Crippen LogP contribution in [0.2, 0.25) is 0 Å². The van der Waals surface area contributed by atoms with Crippen LogP contribution in [0.5, 0.6) is 0 Å². The zero-order chi connectivity index (χ0) is 14.1. The highest BCUT2D eigenvalue weighted by Gasteiger charge is 2.29. The Labute approximate surface area is 118 Å². The molecule has 1 amide bonds. The SMILES string of the molecule is CCN(CC)CCCNC(=O)C1CCCCC1CN. The Balaban J connectivity index is 2.22. The van der Waals surface area contributed by atoms with Crippen LogP contribution < -0.4 is 11.1 Å². The summed E-state index contributed by atoms with van der Waals surface area (Å²) in [5.74, 6) is 0.790. The van der Waals surface area contributed by atoms with E-state index in [2.05, 4.69) is 24.1 Å². The Morgan fingerprint density at radius 2 is 1.95 bits per heavy atom. The molecule has 0 radical (unpaired) electrons. The Morgan fingerprint density at radius 3 is 2.58 bits per heavy atom. The molecule has 19 heavy (non-hydrogen) atoms. The lowest BCUT2D eigenvalue weighted by molar-refractivity contribution is -0.127. The molecule has 2 atom stereocenters. The Bertz CT molecular complexity index is 254. The van der Waals surface area contributed by atoms with Crippen molar-refractivity contribution in [3.05, 3.63) is 0 Å². The number of nitrogens with zero attached hydrogens (tertiary/aromatic N) is 1. The standard InChI is InChI=1S/C15H31N3O/c1-3-18(4-2)11-7-10-17-15(19)14-9-6-5-8-13(14)12-16/h13-14H,3-12,16H2,1-2H3,(H,17,19). The van der Waals surface area contributed by atoms with Crippen molar-refractivity contribution < 1.29 is 4.79 Å². The van der Waals surface area contributed by atoms with E-state index >= 15 is 0 Å². The van der Waals surface area contributed by atoms with Gasteiger partial charge >= 0.3 is 0 Å². The molecular weight excluding hydrogens is 238 g/mol. The lowest BCUT2D eigenvalue weighted by atomic mass is 9.79. The van der Waals surface area contributed by atoms with E-state index in [-0.39, 0.29) is 11.8 Å². The van der Waals surface area contributed by atoms with Gasteiger partial charge in [-0.05, 0) is 51.4 Å². The van der Waals surface area contributed by atoms with Crippen LogP contribution in [0.3, 0.4) is 0 Å². The van der Waals surface area contributed by atoms with Crippen molar-refractivity contribution in [1.82, 2.24) is 10.2 Å². The number of amides is 1. The molecule has 0 spiro atoms. The highest BCUT2D eigenvalue weighted by atomic mass is 16.1. The van der Waals surface area contributed by atoms with Crippen LogP contribution in [0, 0.1) is 11.8 Å². The van der Waals surface area contributed by atoms with Crippen molar-refractivity contribution in [1.29, 1.82) is 0 Å². The molecule has 1 rings (SSSR count). The van der Waals surface area contributed by atoms with Crippen LogP contribution >= 0.6 is 0 Å². The third-order valence-electron chi connectivity index (χ3n) is 4.39. The van der Waals surface area contributed by atoms with Crippen molar-refractivity contribution in [2.45, 2.75) is 46.0 Å². The maximum Gasteiger partial charge on any atom is 0.223 e. The molecule has 4 nitrogen and oxygen atoms in total. The summed E-state index contributed by atoms with van der Waals surface area (Å²) in [6.07, 6.45) is 5.58. The number of nitrogens with two attached hydrogens (primary N) is 1. The molecule has 1 fully saturated rings. The first-order chi connectivity index (χ1) is 9.22. The Morgan fingerprint density at radius 1 is 1.26 bits per heavy atom. The largest absolute Gasteiger partial charge is 0.356 e. The number of rotatable bonds is 8. The fraction of sp³-hybridized carbons (Fsp3) is 0.933. The van der Waals surface area contributed by atoms with Gasteiger partial charge in [0.05, 0.1) is 0 Å². The molecule has 3 N–H and O–H groups in total. The van der Waals surface area contributed by atoms with Gasteiger partial charge in [0.15, 0.2) is 0 Å². The second-order valence-corrected chi connectivity index (χ2v) is 5.56. The summed E-state index contributed by atoms with van der Waals surface area (Å²) < 4.78 is 0. The zero-order valence-electron chi connectivity index (χ0n) is 12.7. The first kappa shape index (κ1) is 16.4. The summed E-state index contributed by atoms with van der Waals surface area (Å²) in [6, 6.07) is 0. The number of nitrogens with one attached hydrogen (secondary N) is 1. The van der Waals surface area contributed by atoms with E-state index in [1.165, 1.54) is 12.8 Å². The summed E-state index contributed by atoms with van der Waals surface area (Å²) >= 11 is 0. The van der Waals surface area contributed by atoms with Gasteiger partial charge in [-0.3, -0.25) is 4.79 Å². The van der Waals surface area contributed by atoms with E-state index in [0.29, 0.717) is 12.5 Å². The predicted octanol–water partition coefficient (Wildman–Crippen LogP) is 1.60. The fourth-order valence-electron chi connectivity index (χ4n) is 3.02. The fourth-order valence-corrected chi connectivity index (χ4v) is 3.02. The van der Waals surface area contributed by atoms with Crippen LogP contribution in [0.1, 0.15) is 46.0 Å². The van der Waals surface area contributed by atoms with Gasteiger partial charge in [0, 0.05) is 12.5 Å². The monoisotopic (exact) mass is 269 g/mol. The molecule has 0 bridgehead atoms. The Hall–Kier alpha value is -0.610. The second-order valence-electron chi connectivity index (χ2n) is 5.56. The van der Waals surface area contributed by atoms with Gasteiger partial charge in [-0.1, -0.05) is 26.7 Å². The molecule has 112 valence electrons. The van der Waals surface area contributed by atoms with Gasteiger partial charge in [-0.15, -0.1) is 0 Å².